The largest absolute Gasteiger partial charge is 0.377 e. The van der Waals surface area contributed by atoms with Crippen molar-refractivity contribution in [1.29, 1.82) is 0 Å². The van der Waals surface area contributed by atoms with Gasteiger partial charge in [0.15, 0.2) is 5.13 Å². The van der Waals surface area contributed by atoms with Gasteiger partial charge in [-0.15, -0.1) is 11.3 Å². The molecule has 0 saturated carbocycles. The molecule has 3 rings (SSSR count). The van der Waals surface area contributed by atoms with Gasteiger partial charge >= 0.3 is 0 Å². The summed E-state index contributed by atoms with van der Waals surface area (Å²) in [5.41, 5.74) is 1.54. The van der Waals surface area contributed by atoms with E-state index < -0.39 is 0 Å². The molecule has 2 N–H and O–H groups in total. The third-order valence-corrected chi connectivity index (χ3v) is 5.22. The molecular weight excluding hydrogens is 367 g/mol. The molecule has 0 bridgehead atoms. The zero-order valence-corrected chi connectivity index (χ0v) is 15.1. The van der Waals surface area contributed by atoms with Crippen molar-refractivity contribution < 1.29 is 4.39 Å². The van der Waals surface area contributed by atoms with Crippen LogP contribution in [0, 0.1) is 5.82 Å². The first-order chi connectivity index (χ1) is 11.6. The summed E-state index contributed by atoms with van der Waals surface area (Å²) in [7, 11) is 0. The number of benzene rings is 1. The van der Waals surface area contributed by atoms with Crippen LogP contribution in [0.15, 0.2) is 53.1 Å². The van der Waals surface area contributed by atoms with Gasteiger partial charge < -0.3 is 10.0 Å². The summed E-state index contributed by atoms with van der Waals surface area (Å²) in [4.78, 5) is 8.59. The SMILES string of the molecule is CC(Nc1cc(F)c(SNc2nccs2)cc1Cl)c1cccnc1. The normalized spacial score (nSPS) is 12.0. The number of rotatable bonds is 6. The van der Waals surface area contributed by atoms with Gasteiger partial charge in [0.05, 0.1) is 21.6 Å². The number of thiazole rings is 1. The van der Waals surface area contributed by atoms with Gasteiger partial charge in [-0.05, 0) is 42.6 Å². The summed E-state index contributed by atoms with van der Waals surface area (Å²) in [6, 6.07) is 6.78. The molecule has 1 unspecified atom stereocenters. The number of nitrogens with one attached hydrogen (secondary N) is 2. The van der Waals surface area contributed by atoms with Crippen molar-refractivity contribution in [3.8, 4) is 0 Å². The van der Waals surface area contributed by atoms with E-state index in [4.69, 9.17) is 11.6 Å². The minimum atomic E-state index is -0.352. The summed E-state index contributed by atoms with van der Waals surface area (Å²) in [5.74, 6) is -0.352. The molecule has 0 aliphatic heterocycles. The highest BCUT2D eigenvalue weighted by Crippen LogP contribution is 2.33. The summed E-state index contributed by atoms with van der Waals surface area (Å²) in [6.07, 6.45) is 5.16. The maximum Gasteiger partial charge on any atom is 0.192 e. The second kappa shape index (κ2) is 7.83. The first-order valence-corrected chi connectivity index (χ1v) is 9.19. The number of hydrogen-bond donors (Lipinski definition) is 2. The summed E-state index contributed by atoms with van der Waals surface area (Å²) < 4.78 is 17.3. The lowest BCUT2D eigenvalue weighted by Crippen LogP contribution is -2.07. The van der Waals surface area contributed by atoms with E-state index in [1.165, 1.54) is 17.4 Å². The Labute approximate surface area is 152 Å². The zero-order chi connectivity index (χ0) is 16.9. The van der Waals surface area contributed by atoms with E-state index >= 15 is 0 Å². The van der Waals surface area contributed by atoms with E-state index in [9.17, 15) is 4.39 Å². The fourth-order valence-electron chi connectivity index (χ4n) is 2.04. The van der Waals surface area contributed by atoms with Gasteiger partial charge in [0, 0.05) is 24.0 Å². The molecule has 4 nitrogen and oxygen atoms in total. The van der Waals surface area contributed by atoms with Crippen LogP contribution in [0.2, 0.25) is 5.02 Å². The summed E-state index contributed by atoms with van der Waals surface area (Å²) >= 11 is 8.88. The molecule has 0 radical (unpaired) electrons. The van der Waals surface area contributed by atoms with E-state index in [0.717, 1.165) is 17.5 Å². The first kappa shape index (κ1) is 17.0. The van der Waals surface area contributed by atoms with Gasteiger partial charge in [-0.25, -0.2) is 9.37 Å². The predicted molar refractivity (Wildman–Crippen MR) is 99.3 cm³/mol. The smallest absolute Gasteiger partial charge is 0.192 e. The van der Waals surface area contributed by atoms with Crippen LogP contribution in [0.4, 0.5) is 15.2 Å². The fraction of sp³-hybridized carbons (Fsp3) is 0.125. The standard InChI is InChI=1S/C16H14ClFN4S2/c1-10(11-3-2-4-19-9-11)21-14-8-13(18)15(7-12(14)17)24-22-16-20-5-6-23-16/h2-10,21H,1H3,(H,20,22). The minimum absolute atomic E-state index is 0.0393. The van der Waals surface area contributed by atoms with Crippen LogP contribution in [0.5, 0.6) is 0 Å². The molecule has 0 fully saturated rings. The average Bonchev–Trinajstić information content (AvgIpc) is 3.11. The average molecular weight is 381 g/mol. The van der Waals surface area contributed by atoms with Gasteiger partial charge in [-0.1, -0.05) is 17.7 Å². The molecule has 2 aromatic heterocycles. The molecule has 0 aliphatic rings. The molecule has 1 aromatic carbocycles. The first-order valence-electron chi connectivity index (χ1n) is 7.11. The van der Waals surface area contributed by atoms with Crippen LogP contribution in [0.1, 0.15) is 18.5 Å². The monoisotopic (exact) mass is 380 g/mol. The lowest BCUT2D eigenvalue weighted by molar-refractivity contribution is 0.602. The van der Waals surface area contributed by atoms with Crippen LogP contribution in [-0.2, 0) is 0 Å². The molecule has 24 heavy (non-hydrogen) atoms. The highest BCUT2D eigenvalue weighted by molar-refractivity contribution is 8.00. The van der Waals surface area contributed by atoms with Crippen LogP contribution in [-0.4, -0.2) is 9.97 Å². The highest BCUT2D eigenvalue weighted by atomic mass is 35.5. The van der Waals surface area contributed by atoms with Crippen LogP contribution >= 0.6 is 34.9 Å². The predicted octanol–water partition coefficient (Wildman–Crippen LogP) is 5.62. The number of aromatic nitrogens is 2. The Bertz CT molecular complexity index is 799. The van der Waals surface area contributed by atoms with Gasteiger partial charge in [0.1, 0.15) is 5.82 Å². The zero-order valence-electron chi connectivity index (χ0n) is 12.7. The van der Waals surface area contributed by atoms with E-state index in [2.05, 4.69) is 20.0 Å². The van der Waals surface area contributed by atoms with Crippen molar-refractivity contribution in [2.75, 3.05) is 10.0 Å². The van der Waals surface area contributed by atoms with Crippen molar-refractivity contribution in [2.45, 2.75) is 17.9 Å². The number of nitrogens with zero attached hydrogens (tertiary/aromatic N) is 2. The van der Waals surface area contributed by atoms with Crippen LogP contribution in [0.3, 0.4) is 0 Å². The summed E-state index contributed by atoms with van der Waals surface area (Å²) in [6.45, 7) is 1.97. The molecule has 2 heterocycles. The Hall–Kier alpha value is -1.83. The van der Waals surface area contributed by atoms with Crippen molar-refractivity contribution in [3.05, 3.63) is 64.6 Å². The lowest BCUT2D eigenvalue weighted by atomic mass is 10.1. The third kappa shape index (κ3) is 4.17. The molecule has 0 aliphatic carbocycles. The molecule has 124 valence electrons. The van der Waals surface area contributed by atoms with Crippen molar-refractivity contribution in [3.63, 3.8) is 0 Å². The second-order valence-electron chi connectivity index (χ2n) is 4.96. The minimum Gasteiger partial charge on any atom is -0.377 e. The topological polar surface area (TPSA) is 49.8 Å². The molecule has 0 spiro atoms. The molecule has 3 aromatic rings. The Morgan fingerprint density at radius 3 is 2.92 bits per heavy atom. The number of halogens is 2. The Morgan fingerprint density at radius 1 is 1.33 bits per heavy atom. The van der Waals surface area contributed by atoms with E-state index in [-0.39, 0.29) is 11.9 Å². The van der Waals surface area contributed by atoms with E-state index in [1.54, 1.807) is 24.7 Å². The molecule has 8 heteroatoms. The van der Waals surface area contributed by atoms with E-state index in [0.29, 0.717) is 20.7 Å². The van der Waals surface area contributed by atoms with Crippen molar-refractivity contribution in [2.24, 2.45) is 0 Å². The number of hydrogen-bond acceptors (Lipinski definition) is 6. The maximum atomic E-state index is 14.3. The molecule has 1 atom stereocenters. The van der Waals surface area contributed by atoms with Gasteiger partial charge in [0.25, 0.3) is 0 Å². The van der Waals surface area contributed by atoms with Crippen molar-refractivity contribution in [1.82, 2.24) is 9.97 Å². The molecular formula is C16H14ClFN4S2. The van der Waals surface area contributed by atoms with Gasteiger partial charge in [-0.3, -0.25) is 4.98 Å². The molecule has 0 saturated heterocycles. The van der Waals surface area contributed by atoms with Crippen LogP contribution < -0.4 is 10.0 Å². The van der Waals surface area contributed by atoms with E-state index in [1.807, 2.05) is 24.4 Å². The van der Waals surface area contributed by atoms with Gasteiger partial charge in [-0.2, -0.15) is 0 Å². The maximum absolute atomic E-state index is 14.3. The lowest BCUT2D eigenvalue weighted by Gasteiger charge is -2.17. The Kier molecular flexibility index (Phi) is 5.55. The third-order valence-electron chi connectivity index (χ3n) is 3.26. The highest BCUT2D eigenvalue weighted by Gasteiger charge is 2.13. The fourth-order valence-corrected chi connectivity index (χ4v) is 3.59. The second-order valence-corrected chi connectivity index (χ2v) is 7.11. The number of pyridine rings is 1. The summed E-state index contributed by atoms with van der Waals surface area (Å²) in [5, 5.41) is 6.22. The Balaban J connectivity index is 1.72. The van der Waals surface area contributed by atoms with Gasteiger partial charge in [0.2, 0.25) is 0 Å². The quantitative estimate of drug-likeness (QED) is 0.543. The van der Waals surface area contributed by atoms with Crippen molar-refractivity contribution >= 4 is 45.7 Å². The Morgan fingerprint density at radius 2 is 2.21 bits per heavy atom. The number of anilines is 2. The van der Waals surface area contributed by atoms with Crippen LogP contribution in [0.25, 0.3) is 0 Å². The molecule has 0 amide bonds.